The normalized spacial score (nSPS) is 12.4. The van der Waals surface area contributed by atoms with Gasteiger partial charge >= 0.3 is 12.1 Å². The fraction of sp³-hybridized carbons (Fsp3) is 0.526. The molecule has 0 saturated heterocycles. The molecule has 2 N–H and O–H groups in total. The summed E-state index contributed by atoms with van der Waals surface area (Å²) >= 11 is 0. The van der Waals surface area contributed by atoms with Gasteiger partial charge in [0.15, 0.2) is 0 Å². The molecule has 0 unspecified atom stereocenters. The summed E-state index contributed by atoms with van der Waals surface area (Å²) in [6.07, 6.45) is -0.758. The van der Waals surface area contributed by atoms with E-state index in [2.05, 4.69) is 5.32 Å². The van der Waals surface area contributed by atoms with E-state index in [1.165, 1.54) is 0 Å². The maximum absolute atomic E-state index is 12.9. The molecule has 0 aliphatic heterocycles. The smallest absolute Gasteiger partial charge is 0.405 e. The monoisotopic (exact) mass is 364 g/mol. The van der Waals surface area contributed by atoms with Crippen LogP contribution in [0.3, 0.4) is 0 Å². The molecule has 7 heteroatoms. The van der Waals surface area contributed by atoms with Gasteiger partial charge in [-0.25, -0.2) is 9.59 Å². The second kappa shape index (κ2) is 9.22. The first-order chi connectivity index (χ1) is 12.1. The van der Waals surface area contributed by atoms with Crippen LogP contribution in [0.4, 0.5) is 4.79 Å². The highest BCUT2D eigenvalue weighted by Crippen LogP contribution is 2.25. The summed E-state index contributed by atoms with van der Waals surface area (Å²) in [7, 11) is 0. The number of nitrogens with one attached hydrogen (secondary N) is 1. The molecule has 1 aromatic rings. The first-order valence-electron chi connectivity index (χ1n) is 8.65. The zero-order valence-corrected chi connectivity index (χ0v) is 16.0. The number of hydroxylamine groups is 2. The summed E-state index contributed by atoms with van der Waals surface area (Å²) in [5, 5.41) is 12.1. The number of carbonyl (C=O) groups is 3. The summed E-state index contributed by atoms with van der Waals surface area (Å²) in [5.41, 5.74) is 0.0793. The first-order valence-corrected chi connectivity index (χ1v) is 8.65. The summed E-state index contributed by atoms with van der Waals surface area (Å²) in [6.45, 7) is 8.91. The van der Waals surface area contributed by atoms with Crippen molar-refractivity contribution in [3.63, 3.8) is 0 Å². The van der Waals surface area contributed by atoms with Gasteiger partial charge in [-0.1, -0.05) is 65.0 Å². The standard InChI is InChI=1S/C19H28N2O5/c1-6-19(4,5)17(23)21(12-14-10-8-7-9-11-14)26-16(22)15(13(2)3)20-18(24)25/h7-11,13,15,20H,6,12H2,1-5H3,(H,24,25)/t15-/m0/s1. The summed E-state index contributed by atoms with van der Waals surface area (Å²) in [6, 6.07) is 8.08. The van der Waals surface area contributed by atoms with E-state index < -0.39 is 23.5 Å². The lowest BCUT2D eigenvalue weighted by atomic mass is 9.89. The second-order valence-electron chi connectivity index (χ2n) is 7.15. The summed E-state index contributed by atoms with van der Waals surface area (Å²) < 4.78 is 0. The van der Waals surface area contributed by atoms with E-state index >= 15 is 0 Å². The minimum atomic E-state index is -1.32. The van der Waals surface area contributed by atoms with Crippen LogP contribution in [0.15, 0.2) is 30.3 Å². The number of carboxylic acid groups (broad SMARTS) is 1. The van der Waals surface area contributed by atoms with Crippen LogP contribution >= 0.6 is 0 Å². The van der Waals surface area contributed by atoms with Crippen molar-refractivity contribution < 1.29 is 24.3 Å². The Hall–Kier alpha value is -2.57. The number of hydrogen-bond acceptors (Lipinski definition) is 4. The average Bonchev–Trinajstić information content (AvgIpc) is 2.58. The molecular formula is C19H28N2O5. The van der Waals surface area contributed by atoms with Gasteiger partial charge in [0.2, 0.25) is 0 Å². The maximum atomic E-state index is 12.9. The number of hydrogen-bond donors (Lipinski definition) is 2. The zero-order valence-electron chi connectivity index (χ0n) is 16.0. The van der Waals surface area contributed by atoms with E-state index in [0.717, 1.165) is 10.6 Å². The highest BCUT2D eigenvalue weighted by molar-refractivity contribution is 5.85. The molecule has 1 rings (SSSR count). The van der Waals surface area contributed by atoms with Gasteiger partial charge in [0.1, 0.15) is 6.04 Å². The fourth-order valence-electron chi connectivity index (χ4n) is 2.18. The van der Waals surface area contributed by atoms with Crippen molar-refractivity contribution in [2.75, 3.05) is 0 Å². The largest absolute Gasteiger partial charge is 0.465 e. The lowest BCUT2D eigenvalue weighted by Gasteiger charge is -2.31. The van der Waals surface area contributed by atoms with E-state index in [9.17, 15) is 14.4 Å². The summed E-state index contributed by atoms with van der Waals surface area (Å²) in [5.74, 6) is -1.47. The molecule has 0 fully saturated rings. The van der Waals surface area contributed by atoms with E-state index in [1.807, 2.05) is 37.3 Å². The fourth-order valence-corrected chi connectivity index (χ4v) is 2.18. The van der Waals surface area contributed by atoms with Gasteiger partial charge in [-0.3, -0.25) is 4.79 Å². The number of benzene rings is 1. The molecule has 0 radical (unpaired) electrons. The lowest BCUT2D eigenvalue weighted by molar-refractivity contribution is -0.209. The molecule has 0 bridgehead atoms. The van der Waals surface area contributed by atoms with Gasteiger partial charge in [-0.15, -0.1) is 0 Å². The molecule has 0 aliphatic carbocycles. The van der Waals surface area contributed by atoms with Crippen molar-refractivity contribution in [2.45, 2.75) is 53.6 Å². The predicted molar refractivity (Wildman–Crippen MR) is 96.9 cm³/mol. The van der Waals surface area contributed by atoms with Crippen molar-refractivity contribution in [1.82, 2.24) is 10.4 Å². The van der Waals surface area contributed by atoms with Crippen molar-refractivity contribution in [3.05, 3.63) is 35.9 Å². The van der Waals surface area contributed by atoms with Crippen LogP contribution in [0.1, 0.15) is 46.6 Å². The maximum Gasteiger partial charge on any atom is 0.405 e. The van der Waals surface area contributed by atoms with Crippen LogP contribution in [0.2, 0.25) is 0 Å². The van der Waals surface area contributed by atoms with Gasteiger partial charge in [0.05, 0.1) is 6.54 Å². The third-order valence-electron chi connectivity index (χ3n) is 4.26. The van der Waals surface area contributed by atoms with Gasteiger partial charge in [-0.05, 0) is 17.9 Å². The van der Waals surface area contributed by atoms with E-state index in [4.69, 9.17) is 9.94 Å². The molecule has 0 aromatic heterocycles. The first kappa shape index (κ1) is 21.5. The minimum Gasteiger partial charge on any atom is -0.465 e. The van der Waals surface area contributed by atoms with E-state index in [0.29, 0.717) is 6.42 Å². The SMILES string of the molecule is CCC(C)(C)C(=O)N(Cc1ccccc1)OC(=O)[C@@H](NC(=O)O)C(C)C. The lowest BCUT2D eigenvalue weighted by Crippen LogP contribution is -2.49. The topological polar surface area (TPSA) is 95.9 Å². The van der Waals surface area contributed by atoms with Crippen LogP contribution in [0, 0.1) is 11.3 Å². The highest BCUT2D eigenvalue weighted by atomic mass is 16.7. The van der Waals surface area contributed by atoms with Gasteiger partial charge in [0.25, 0.3) is 5.91 Å². The van der Waals surface area contributed by atoms with Crippen LogP contribution < -0.4 is 5.32 Å². The Morgan fingerprint density at radius 1 is 1.19 bits per heavy atom. The van der Waals surface area contributed by atoms with Crippen molar-refractivity contribution in [3.8, 4) is 0 Å². The number of carbonyl (C=O) groups excluding carboxylic acids is 2. The molecule has 2 amide bonds. The van der Waals surface area contributed by atoms with Crippen molar-refractivity contribution in [1.29, 1.82) is 0 Å². The molecule has 0 spiro atoms. The Labute approximate surface area is 154 Å². The van der Waals surface area contributed by atoms with Crippen LogP contribution in [-0.2, 0) is 21.0 Å². The molecule has 7 nitrogen and oxygen atoms in total. The Morgan fingerprint density at radius 3 is 2.23 bits per heavy atom. The minimum absolute atomic E-state index is 0.0900. The van der Waals surface area contributed by atoms with Crippen LogP contribution in [0.25, 0.3) is 0 Å². The van der Waals surface area contributed by atoms with Crippen LogP contribution in [0.5, 0.6) is 0 Å². The molecular weight excluding hydrogens is 336 g/mol. The van der Waals surface area contributed by atoms with Gasteiger partial charge < -0.3 is 15.3 Å². The molecule has 1 atom stereocenters. The van der Waals surface area contributed by atoms with Crippen molar-refractivity contribution in [2.24, 2.45) is 11.3 Å². The molecule has 0 heterocycles. The Bertz CT molecular complexity index is 628. The molecule has 0 aliphatic rings. The quantitative estimate of drug-likeness (QED) is 0.724. The summed E-state index contributed by atoms with van der Waals surface area (Å²) in [4.78, 5) is 41.6. The van der Waals surface area contributed by atoms with E-state index in [-0.39, 0.29) is 18.4 Å². The number of nitrogens with zero attached hydrogens (tertiary/aromatic N) is 1. The van der Waals surface area contributed by atoms with Crippen molar-refractivity contribution >= 4 is 18.0 Å². The zero-order chi connectivity index (χ0) is 19.9. The molecule has 26 heavy (non-hydrogen) atoms. The van der Waals surface area contributed by atoms with Gasteiger partial charge in [0, 0.05) is 5.41 Å². The predicted octanol–water partition coefficient (Wildman–Crippen LogP) is 3.20. The molecule has 0 saturated carbocycles. The third-order valence-corrected chi connectivity index (χ3v) is 4.26. The Balaban J connectivity index is 3.05. The highest BCUT2D eigenvalue weighted by Gasteiger charge is 2.35. The van der Waals surface area contributed by atoms with Crippen LogP contribution in [-0.4, -0.2) is 34.2 Å². The van der Waals surface area contributed by atoms with E-state index in [1.54, 1.807) is 27.7 Å². The molecule has 1 aromatic carbocycles. The molecule has 144 valence electrons. The van der Waals surface area contributed by atoms with Gasteiger partial charge in [-0.2, -0.15) is 5.06 Å². The Kier molecular flexibility index (Phi) is 7.61. The number of rotatable bonds is 7. The second-order valence-corrected chi connectivity index (χ2v) is 7.15. The average molecular weight is 364 g/mol. The number of amides is 2. The third kappa shape index (κ3) is 6.06. The Morgan fingerprint density at radius 2 is 1.77 bits per heavy atom.